The number of ether oxygens (including phenoxy) is 1. The van der Waals surface area contributed by atoms with E-state index in [1.165, 1.54) is 11.8 Å². The van der Waals surface area contributed by atoms with Gasteiger partial charge in [-0.3, -0.25) is 4.79 Å². The Kier molecular flexibility index (Phi) is 5.65. The van der Waals surface area contributed by atoms with Gasteiger partial charge in [0.2, 0.25) is 0 Å². The van der Waals surface area contributed by atoms with Gasteiger partial charge in [0.25, 0.3) is 0 Å². The van der Waals surface area contributed by atoms with Gasteiger partial charge in [-0.25, -0.2) is 0 Å². The molecule has 1 fully saturated rings. The van der Waals surface area contributed by atoms with E-state index in [1.54, 1.807) is 6.26 Å². The van der Waals surface area contributed by atoms with E-state index in [4.69, 9.17) is 9.15 Å². The highest BCUT2D eigenvalue weighted by Gasteiger charge is 2.22. The second-order valence-corrected chi connectivity index (χ2v) is 8.44. The molecule has 29 heavy (non-hydrogen) atoms. The summed E-state index contributed by atoms with van der Waals surface area (Å²) >= 11 is 1.41. The molecule has 3 aromatic heterocycles. The Hall–Kier alpha value is -2.32. The molecule has 1 atom stereocenters. The first kappa shape index (κ1) is 20.0. The van der Waals surface area contributed by atoms with Crippen LogP contribution in [0.3, 0.4) is 0 Å². The summed E-state index contributed by atoms with van der Waals surface area (Å²) in [7, 11) is 1.90. The maximum Gasteiger partial charge on any atom is 0.191 e. The lowest BCUT2D eigenvalue weighted by Gasteiger charge is -2.14. The molecule has 1 aliphatic heterocycles. The van der Waals surface area contributed by atoms with Crippen molar-refractivity contribution >= 4 is 17.5 Å². The monoisotopic (exact) mass is 414 g/mol. The first-order valence-electron chi connectivity index (χ1n) is 9.84. The highest BCUT2D eigenvalue weighted by Crippen LogP contribution is 2.27. The molecule has 154 valence electrons. The fourth-order valence-corrected chi connectivity index (χ4v) is 4.65. The van der Waals surface area contributed by atoms with Crippen molar-refractivity contribution in [3.8, 4) is 11.4 Å². The number of furan rings is 1. The molecule has 1 aliphatic rings. The maximum absolute atomic E-state index is 12.9. The largest absolute Gasteiger partial charge is 0.469 e. The molecule has 0 aromatic carbocycles. The minimum Gasteiger partial charge on any atom is -0.469 e. The minimum absolute atomic E-state index is 0.103. The minimum atomic E-state index is 0.103. The smallest absolute Gasteiger partial charge is 0.191 e. The van der Waals surface area contributed by atoms with Gasteiger partial charge in [-0.1, -0.05) is 11.8 Å². The standard InChI is InChI=1S/C21H26N4O3S/c1-13-10-18(14(2)25(13)11-16-6-5-8-28-16)19(26)12-29-21-23-22-20(24(21)4)17-7-9-27-15(17)3/h7,9-10,16H,5-6,8,11-12H2,1-4H3. The zero-order valence-electron chi connectivity index (χ0n) is 17.3. The van der Waals surface area contributed by atoms with E-state index in [2.05, 4.69) is 14.8 Å². The molecule has 0 spiro atoms. The lowest BCUT2D eigenvalue weighted by molar-refractivity contribution is 0.0957. The van der Waals surface area contributed by atoms with E-state index >= 15 is 0 Å². The Morgan fingerprint density at radius 3 is 2.83 bits per heavy atom. The topological polar surface area (TPSA) is 75.1 Å². The molecule has 0 bridgehead atoms. The van der Waals surface area contributed by atoms with Gasteiger partial charge in [0, 0.05) is 37.2 Å². The number of ketones is 1. The molecule has 0 N–H and O–H groups in total. The normalized spacial score (nSPS) is 16.6. The van der Waals surface area contributed by atoms with Crippen LogP contribution in [-0.4, -0.2) is 43.6 Å². The summed E-state index contributed by atoms with van der Waals surface area (Å²) in [6.07, 6.45) is 4.09. The van der Waals surface area contributed by atoms with Crippen LogP contribution in [0.1, 0.15) is 40.3 Å². The van der Waals surface area contributed by atoms with E-state index < -0.39 is 0 Å². The molecule has 4 rings (SSSR count). The van der Waals surface area contributed by atoms with E-state index in [0.29, 0.717) is 10.9 Å². The fraction of sp³-hybridized carbons (Fsp3) is 0.476. The zero-order chi connectivity index (χ0) is 20.5. The molecule has 1 saturated heterocycles. The average molecular weight is 415 g/mol. The van der Waals surface area contributed by atoms with Gasteiger partial charge in [0.15, 0.2) is 16.8 Å². The summed E-state index contributed by atoms with van der Waals surface area (Å²) in [5.41, 5.74) is 3.80. The van der Waals surface area contributed by atoms with Crippen LogP contribution in [0.15, 0.2) is 28.0 Å². The Bertz CT molecular complexity index is 1030. The van der Waals surface area contributed by atoms with Crippen LogP contribution in [0.25, 0.3) is 11.4 Å². The summed E-state index contributed by atoms with van der Waals surface area (Å²) < 4.78 is 15.2. The van der Waals surface area contributed by atoms with Crippen molar-refractivity contribution in [3.63, 3.8) is 0 Å². The van der Waals surface area contributed by atoms with Crippen molar-refractivity contribution in [1.82, 2.24) is 19.3 Å². The van der Waals surface area contributed by atoms with E-state index in [9.17, 15) is 4.79 Å². The Morgan fingerprint density at radius 2 is 2.14 bits per heavy atom. The molecule has 0 aliphatic carbocycles. The van der Waals surface area contributed by atoms with E-state index in [-0.39, 0.29) is 11.9 Å². The summed E-state index contributed by atoms with van der Waals surface area (Å²) in [4.78, 5) is 12.9. The third kappa shape index (κ3) is 3.91. The van der Waals surface area contributed by atoms with Crippen molar-refractivity contribution < 1.29 is 13.9 Å². The summed E-state index contributed by atoms with van der Waals surface area (Å²) in [5.74, 6) is 1.96. The van der Waals surface area contributed by atoms with Crippen LogP contribution >= 0.6 is 11.8 Å². The van der Waals surface area contributed by atoms with Gasteiger partial charge in [0.1, 0.15) is 5.76 Å². The molecular weight excluding hydrogens is 388 g/mol. The van der Waals surface area contributed by atoms with Crippen LogP contribution in [-0.2, 0) is 18.3 Å². The number of aryl methyl sites for hydroxylation is 2. The molecule has 0 radical (unpaired) electrons. The van der Waals surface area contributed by atoms with Crippen LogP contribution in [0.5, 0.6) is 0 Å². The molecule has 0 amide bonds. The Morgan fingerprint density at radius 1 is 1.31 bits per heavy atom. The van der Waals surface area contributed by atoms with Gasteiger partial charge in [-0.05, 0) is 45.7 Å². The third-order valence-electron chi connectivity index (χ3n) is 5.55. The van der Waals surface area contributed by atoms with Crippen LogP contribution < -0.4 is 0 Å². The number of nitrogens with zero attached hydrogens (tertiary/aromatic N) is 4. The van der Waals surface area contributed by atoms with Gasteiger partial charge in [-0.2, -0.15) is 0 Å². The Balaban J connectivity index is 1.45. The summed E-state index contributed by atoms with van der Waals surface area (Å²) in [6.45, 7) is 7.61. The van der Waals surface area contributed by atoms with Crippen molar-refractivity contribution in [2.45, 2.75) is 51.4 Å². The van der Waals surface area contributed by atoms with Crippen LogP contribution in [0, 0.1) is 20.8 Å². The molecule has 0 saturated carbocycles. The number of carbonyl (C=O) groups excluding carboxylic acids is 1. The number of aromatic nitrogens is 4. The number of Topliss-reactive ketones (excluding diaryl/α,β-unsaturated/α-hetero) is 1. The molecule has 1 unspecified atom stereocenters. The predicted molar refractivity (Wildman–Crippen MR) is 111 cm³/mol. The highest BCUT2D eigenvalue weighted by molar-refractivity contribution is 7.99. The van der Waals surface area contributed by atoms with Crippen molar-refractivity contribution in [2.75, 3.05) is 12.4 Å². The second kappa shape index (κ2) is 8.20. The van der Waals surface area contributed by atoms with E-state index in [0.717, 1.165) is 60.1 Å². The quantitative estimate of drug-likeness (QED) is 0.430. The molecule has 8 heteroatoms. The van der Waals surface area contributed by atoms with Crippen LogP contribution in [0.4, 0.5) is 0 Å². The van der Waals surface area contributed by atoms with Crippen LogP contribution in [0.2, 0.25) is 0 Å². The Labute approximate surface area is 174 Å². The highest BCUT2D eigenvalue weighted by atomic mass is 32.2. The summed E-state index contributed by atoms with van der Waals surface area (Å²) in [5, 5.41) is 9.23. The zero-order valence-corrected chi connectivity index (χ0v) is 18.1. The molecule has 3 aromatic rings. The van der Waals surface area contributed by atoms with Gasteiger partial charge in [0.05, 0.1) is 23.7 Å². The number of hydrogen-bond acceptors (Lipinski definition) is 6. The fourth-order valence-electron chi connectivity index (χ4n) is 3.86. The first-order chi connectivity index (χ1) is 14.0. The van der Waals surface area contributed by atoms with Crippen molar-refractivity contribution in [2.24, 2.45) is 7.05 Å². The predicted octanol–water partition coefficient (Wildman–Crippen LogP) is 3.96. The SMILES string of the molecule is Cc1occc1-c1nnc(SCC(=O)c2cc(C)n(CC3CCCO3)c2C)n1C. The molecular formula is C21H26N4O3S. The second-order valence-electron chi connectivity index (χ2n) is 7.50. The average Bonchev–Trinajstić information content (AvgIpc) is 3.47. The van der Waals surface area contributed by atoms with Gasteiger partial charge >= 0.3 is 0 Å². The number of carbonyl (C=O) groups is 1. The number of thioether (sulfide) groups is 1. The van der Waals surface area contributed by atoms with Crippen molar-refractivity contribution in [3.05, 3.63) is 41.1 Å². The van der Waals surface area contributed by atoms with Crippen molar-refractivity contribution in [1.29, 1.82) is 0 Å². The lowest BCUT2D eigenvalue weighted by Crippen LogP contribution is -2.17. The molecule has 4 heterocycles. The first-order valence-corrected chi connectivity index (χ1v) is 10.8. The van der Waals surface area contributed by atoms with Gasteiger partial charge in [-0.15, -0.1) is 10.2 Å². The third-order valence-corrected chi connectivity index (χ3v) is 6.57. The lowest BCUT2D eigenvalue weighted by atomic mass is 10.2. The number of hydrogen-bond donors (Lipinski definition) is 0. The maximum atomic E-state index is 12.9. The molecule has 7 nitrogen and oxygen atoms in total. The summed E-state index contributed by atoms with van der Waals surface area (Å²) in [6, 6.07) is 3.87. The van der Waals surface area contributed by atoms with Gasteiger partial charge < -0.3 is 18.3 Å². The van der Waals surface area contributed by atoms with E-state index in [1.807, 2.05) is 44.5 Å². The number of rotatable bonds is 7.